The number of sulfonamides is 1. The van der Waals surface area contributed by atoms with Crippen LogP contribution >= 0.6 is 0 Å². The van der Waals surface area contributed by atoms with Gasteiger partial charge in [0.2, 0.25) is 10.0 Å². The normalized spacial score (nSPS) is 16.6. The lowest BCUT2D eigenvalue weighted by molar-refractivity contribution is 0.477. The molecule has 0 bridgehead atoms. The molecule has 3 rings (SSSR count). The van der Waals surface area contributed by atoms with E-state index in [2.05, 4.69) is 5.10 Å². The van der Waals surface area contributed by atoms with Crippen molar-refractivity contribution in [3.8, 4) is 11.3 Å². The molecule has 6 heteroatoms. The van der Waals surface area contributed by atoms with Crippen LogP contribution in [0.25, 0.3) is 11.3 Å². The Morgan fingerprint density at radius 2 is 1.75 bits per heavy atom. The second kappa shape index (κ2) is 5.03. The van der Waals surface area contributed by atoms with Gasteiger partial charge in [0, 0.05) is 31.9 Å². The molecule has 0 N–H and O–H groups in total. The first-order chi connectivity index (χ1) is 9.59. The quantitative estimate of drug-likeness (QED) is 0.867. The van der Waals surface area contributed by atoms with Gasteiger partial charge in [-0.15, -0.1) is 0 Å². The third-order valence-corrected chi connectivity index (χ3v) is 5.42. The van der Waals surface area contributed by atoms with Crippen molar-refractivity contribution in [2.24, 2.45) is 7.05 Å². The zero-order valence-corrected chi connectivity index (χ0v) is 12.2. The molecule has 0 spiro atoms. The van der Waals surface area contributed by atoms with Crippen LogP contribution in [0.15, 0.2) is 41.4 Å². The van der Waals surface area contributed by atoms with Crippen LogP contribution in [-0.2, 0) is 17.1 Å². The van der Waals surface area contributed by atoms with Crippen molar-refractivity contribution < 1.29 is 8.42 Å². The Bertz CT molecular complexity index is 701. The largest absolute Gasteiger partial charge is 0.274 e. The van der Waals surface area contributed by atoms with Crippen LogP contribution in [0.1, 0.15) is 12.8 Å². The molecule has 1 aliphatic heterocycles. The van der Waals surface area contributed by atoms with Gasteiger partial charge in [0.1, 0.15) is 10.6 Å². The van der Waals surface area contributed by atoms with E-state index in [1.165, 1.54) is 0 Å². The summed E-state index contributed by atoms with van der Waals surface area (Å²) in [5, 5.41) is 4.33. The monoisotopic (exact) mass is 291 g/mol. The molecule has 0 amide bonds. The molecule has 2 heterocycles. The molecule has 1 saturated heterocycles. The fourth-order valence-electron chi connectivity index (χ4n) is 2.52. The lowest BCUT2D eigenvalue weighted by Gasteiger charge is -2.15. The number of aryl methyl sites for hydroxylation is 1. The van der Waals surface area contributed by atoms with Crippen molar-refractivity contribution in [3.05, 3.63) is 36.5 Å². The SMILES string of the molecule is Cn1cc(S(=O)(=O)N2CCCC2)c(-c2ccccc2)n1. The maximum atomic E-state index is 12.7. The Labute approximate surface area is 118 Å². The summed E-state index contributed by atoms with van der Waals surface area (Å²) in [6.07, 6.45) is 3.45. The predicted octanol–water partition coefficient (Wildman–Crippen LogP) is 1.87. The van der Waals surface area contributed by atoms with Gasteiger partial charge in [0.05, 0.1) is 0 Å². The highest BCUT2D eigenvalue weighted by molar-refractivity contribution is 7.89. The van der Waals surface area contributed by atoms with E-state index in [0.29, 0.717) is 23.7 Å². The van der Waals surface area contributed by atoms with E-state index in [-0.39, 0.29) is 0 Å². The summed E-state index contributed by atoms with van der Waals surface area (Å²) in [6, 6.07) is 9.43. The summed E-state index contributed by atoms with van der Waals surface area (Å²) < 4.78 is 28.5. The van der Waals surface area contributed by atoms with Gasteiger partial charge < -0.3 is 0 Å². The highest BCUT2D eigenvalue weighted by Crippen LogP contribution is 2.29. The van der Waals surface area contributed by atoms with E-state index >= 15 is 0 Å². The number of hydrogen-bond donors (Lipinski definition) is 0. The lowest BCUT2D eigenvalue weighted by Crippen LogP contribution is -2.28. The Morgan fingerprint density at radius 1 is 1.10 bits per heavy atom. The summed E-state index contributed by atoms with van der Waals surface area (Å²) in [5.41, 5.74) is 1.35. The Balaban J connectivity index is 2.11. The van der Waals surface area contributed by atoms with E-state index < -0.39 is 10.0 Å². The summed E-state index contributed by atoms with van der Waals surface area (Å²) in [6.45, 7) is 1.21. The van der Waals surface area contributed by atoms with Crippen molar-refractivity contribution in [1.29, 1.82) is 0 Å². The summed E-state index contributed by atoms with van der Waals surface area (Å²) in [4.78, 5) is 0.299. The van der Waals surface area contributed by atoms with Crippen molar-refractivity contribution in [1.82, 2.24) is 14.1 Å². The smallest absolute Gasteiger partial charge is 0.246 e. The molecule has 0 radical (unpaired) electrons. The minimum absolute atomic E-state index is 0.299. The van der Waals surface area contributed by atoms with Crippen molar-refractivity contribution in [3.63, 3.8) is 0 Å². The van der Waals surface area contributed by atoms with E-state index in [9.17, 15) is 8.42 Å². The maximum Gasteiger partial charge on any atom is 0.246 e. The van der Waals surface area contributed by atoms with Crippen molar-refractivity contribution >= 4 is 10.0 Å². The van der Waals surface area contributed by atoms with E-state index in [0.717, 1.165) is 18.4 Å². The van der Waals surface area contributed by atoms with Crippen LogP contribution in [0.2, 0.25) is 0 Å². The van der Waals surface area contributed by atoms with E-state index in [1.807, 2.05) is 30.3 Å². The molecule has 20 heavy (non-hydrogen) atoms. The average Bonchev–Trinajstić information content (AvgIpc) is 3.09. The van der Waals surface area contributed by atoms with Crippen LogP contribution in [0.3, 0.4) is 0 Å². The Morgan fingerprint density at radius 3 is 2.40 bits per heavy atom. The van der Waals surface area contributed by atoms with Gasteiger partial charge in [0.15, 0.2) is 0 Å². The molecule has 0 aliphatic carbocycles. The number of hydrogen-bond acceptors (Lipinski definition) is 3. The lowest BCUT2D eigenvalue weighted by atomic mass is 10.2. The molecule has 0 unspecified atom stereocenters. The number of nitrogens with zero attached hydrogens (tertiary/aromatic N) is 3. The maximum absolute atomic E-state index is 12.7. The zero-order valence-electron chi connectivity index (χ0n) is 11.4. The van der Waals surface area contributed by atoms with Gasteiger partial charge in [-0.05, 0) is 12.8 Å². The van der Waals surface area contributed by atoms with Crippen LogP contribution in [0.5, 0.6) is 0 Å². The Hall–Kier alpha value is -1.66. The van der Waals surface area contributed by atoms with E-state index in [1.54, 1.807) is 22.2 Å². The molecule has 5 nitrogen and oxygen atoms in total. The molecule has 106 valence electrons. The first kappa shape index (κ1) is 13.3. The molecule has 1 aliphatic rings. The number of rotatable bonds is 3. The molecule has 0 saturated carbocycles. The fourth-order valence-corrected chi connectivity index (χ4v) is 4.22. The first-order valence-corrected chi connectivity index (χ1v) is 8.12. The van der Waals surface area contributed by atoms with Gasteiger partial charge in [-0.3, -0.25) is 4.68 Å². The average molecular weight is 291 g/mol. The summed E-state index contributed by atoms with van der Waals surface area (Å²) in [7, 11) is -1.70. The summed E-state index contributed by atoms with van der Waals surface area (Å²) in [5.74, 6) is 0. The zero-order chi connectivity index (χ0) is 14.2. The van der Waals surface area contributed by atoms with Crippen LogP contribution in [-0.4, -0.2) is 35.6 Å². The molecular formula is C14H17N3O2S. The molecule has 1 fully saturated rings. The van der Waals surface area contributed by atoms with Crippen molar-refractivity contribution in [2.75, 3.05) is 13.1 Å². The van der Waals surface area contributed by atoms with E-state index in [4.69, 9.17) is 0 Å². The van der Waals surface area contributed by atoms with Crippen molar-refractivity contribution in [2.45, 2.75) is 17.7 Å². The van der Waals surface area contributed by atoms with Gasteiger partial charge in [-0.1, -0.05) is 30.3 Å². The third-order valence-electron chi connectivity index (χ3n) is 3.53. The highest BCUT2D eigenvalue weighted by Gasteiger charge is 2.31. The van der Waals surface area contributed by atoms with Gasteiger partial charge in [-0.25, -0.2) is 8.42 Å². The van der Waals surface area contributed by atoms with Gasteiger partial charge in [0.25, 0.3) is 0 Å². The highest BCUT2D eigenvalue weighted by atomic mass is 32.2. The standard InChI is InChI=1S/C14H17N3O2S/c1-16-11-13(20(18,19)17-9-5-6-10-17)14(15-16)12-7-3-2-4-8-12/h2-4,7-8,11H,5-6,9-10H2,1H3. The predicted molar refractivity (Wildman–Crippen MR) is 76.6 cm³/mol. The summed E-state index contributed by atoms with van der Waals surface area (Å²) >= 11 is 0. The second-order valence-electron chi connectivity index (χ2n) is 4.99. The van der Waals surface area contributed by atoms with Crippen LogP contribution in [0.4, 0.5) is 0 Å². The van der Waals surface area contributed by atoms with Crippen LogP contribution < -0.4 is 0 Å². The minimum atomic E-state index is -3.45. The molecular weight excluding hydrogens is 274 g/mol. The fraction of sp³-hybridized carbons (Fsp3) is 0.357. The molecule has 0 atom stereocenters. The van der Waals surface area contributed by atoms with Gasteiger partial charge in [-0.2, -0.15) is 9.40 Å². The van der Waals surface area contributed by atoms with Crippen LogP contribution in [0, 0.1) is 0 Å². The first-order valence-electron chi connectivity index (χ1n) is 6.68. The third kappa shape index (κ3) is 2.25. The molecule has 1 aromatic carbocycles. The number of benzene rings is 1. The Kier molecular flexibility index (Phi) is 3.35. The second-order valence-corrected chi connectivity index (χ2v) is 6.90. The molecule has 2 aromatic rings. The topological polar surface area (TPSA) is 55.2 Å². The number of aromatic nitrogens is 2. The molecule has 1 aromatic heterocycles. The minimum Gasteiger partial charge on any atom is -0.274 e. The van der Waals surface area contributed by atoms with Gasteiger partial charge >= 0.3 is 0 Å².